The minimum Gasteiger partial charge on any atom is -0.476 e. The van der Waals surface area contributed by atoms with Crippen LogP contribution in [-0.2, 0) is 14.8 Å². The molecule has 1 aromatic heterocycles. The van der Waals surface area contributed by atoms with E-state index in [9.17, 15) is 13.2 Å². The van der Waals surface area contributed by atoms with E-state index in [0.29, 0.717) is 69.9 Å². The number of rotatable bonds is 9. The number of ether oxygens (including phenoxy) is 2. The second kappa shape index (κ2) is 11.0. The van der Waals surface area contributed by atoms with E-state index < -0.39 is 10.0 Å². The molecule has 2 saturated heterocycles. The first-order chi connectivity index (χ1) is 16.8. The summed E-state index contributed by atoms with van der Waals surface area (Å²) < 4.78 is 37.7. The van der Waals surface area contributed by atoms with E-state index in [1.54, 1.807) is 17.3 Å². The number of anilines is 1. The number of aromatic nitrogens is 2. The second-order valence-electron chi connectivity index (χ2n) is 9.71. The highest BCUT2D eigenvalue weighted by molar-refractivity contribution is 7.89. The van der Waals surface area contributed by atoms with Gasteiger partial charge in [0.2, 0.25) is 22.4 Å². The molecule has 0 atom stereocenters. The van der Waals surface area contributed by atoms with Gasteiger partial charge in [0.25, 0.3) is 0 Å². The van der Waals surface area contributed by atoms with Crippen molar-refractivity contribution in [2.45, 2.75) is 44.6 Å². The number of hydrogen-bond donors (Lipinski definition) is 0. The lowest BCUT2D eigenvalue weighted by atomic mass is 9.98. The van der Waals surface area contributed by atoms with Crippen LogP contribution in [0.5, 0.6) is 5.88 Å². The number of amides is 1. The second-order valence-corrected chi connectivity index (χ2v) is 11.8. The Morgan fingerprint density at radius 2 is 1.86 bits per heavy atom. The molecule has 1 aliphatic carbocycles. The molecule has 3 fully saturated rings. The zero-order chi connectivity index (χ0) is 24.9. The van der Waals surface area contributed by atoms with Crippen molar-refractivity contribution in [3.05, 3.63) is 23.8 Å². The molecular formula is C23H34N6O5S. The van der Waals surface area contributed by atoms with E-state index in [1.165, 1.54) is 4.31 Å². The maximum Gasteiger partial charge on any atom is 0.410 e. The molecule has 0 bridgehead atoms. The Labute approximate surface area is 207 Å². The van der Waals surface area contributed by atoms with Crippen LogP contribution in [-0.4, -0.2) is 97.5 Å². The summed E-state index contributed by atoms with van der Waals surface area (Å²) in [5, 5.41) is 0. The third-order valence-electron chi connectivity index (χ3n) is 6.87. The van der Waals surface area contributed by atoms with Crippen molar-refractivity contribution in [2.24, 2.45) is 5.92 Å². The molecule has 3 aliphatic rings. The molecule has 3 heterocycles. The molecule has 2 aliphatic heterocycles. The maximum absolute atomic E-state index is 12.4. The first-order valence-corrected chi connectivity index (χ1v) is 13.9. The maximum atomic E-state index is 12.4. The number of nitrogens with zero attached hydrogens (tertiary/aromatic N) is 6. The van der Waals surface area contributed by atoms with Gasteiger partial charge in [0, 0.05) is 45.7 Å². The average molecular weight is 507 g/mol. The van der Waals surface area contributed by atoms with Crippen molar-refractivity contribution in [2.75, 3.05) is 63.1 Å². The van der Waals surface area contributed by atoms with Crippen molar-refractivity contribution < 1.29 is 22.7 Å². The van der Waals surface area contributed by atoms with E-state index in [4.69, 9.17) is 16.0 Å². The van der Waals surface area contributed by atoms with Crippen LogP contribution in [0.1, 0.15) is 39.0 Å². The minimum absolute atomic E-state index is 0.0176. The topological polar surface area (TPSA) is 110 Å². The fraction of sp³-hybridized carbons (Fsp3) is 0.739. The highest BCUT2D eigenvalue weighted by Gasteiger charge is 2.43. The first kappa shape index (κ1) is 25.4. The number of piperazine rings is 1. The van der Waals surface area contributed by atoms with Crippen LogP contribution >= 0.6 is 0 Å². The summed E-state index contributed by atoms with van der Waals surface area (Å²) in [6, 6.07) is 0. The van der Waals surface area contributed by atoms with Gasteiger partial charge in [-0.3, -0.25) is 0 Å². The van der Waals surface area contributed by atoms with Gasteiger partial charge in [-0.15, -0.1) is 0 Å². The van der Waals surface area contributed by atoms with Crippen molar-refractivity contribution >= 4 is 21.9 Å². The standard InChI is InChI=1S/C23H34N6O5S/c1-23(6-7-23)34-22(30)28-9-4-19(5-10-28)18-33-21-17-25-20(16-26-21)27-11-13-29(14-12-27)35(31,32)15-3-8-24-2/h16-17,19H,3-15,18H2,1H3. The van der Waals surface area contributed by atoms with E-state index in [-0.39, 0.29) is 24.0 Å². The van der Waals surface area contributed by atoms with Crippen molar-refractivity contribution in [3.63, 3.8) is 0 Å². The SMILES string of the molecule is [C-]#[N+]CCCS(=O)(=O)N1CCN(c2cnc(OCC3CCN(C(=O)OC4(C)CC4)CC3)cn2)CC1. The third-order valence-corrected chi connectivity index (χ3v) is 8.83. The summed E-state index contributed by atoms with van der Waals surface area (Å²) in [4.78, 5) is 28.1. The van der Waals surface area contributed by atoms with Crippen molar-refractivity contribution in [3.8, 4) is 5.88 Å². The number of carbonyl (C=O) groups is 1. The highest BCUT2D eigenvalue weighted by Crippen LogP contribution is 2.39. The number of carbonyl (C=O) groups excluding carboxylic acids is 1. The molecular weight excluding hydrogens is 472 g/mol. The summed E-state index contributed by atoms with van der Waals surface area (Å²) in [7, 11) is -3.32. The Kier molecular flexibility index (Phi) is 7.96. The van der Waals surface area contributed by atoms with Crippen molar-refractivity contribution in [1.82, 2.24) is 19.2 Å². The fourth-order valence-corrected chi connectivity index (χ4v) is 5.71. The Morgan fingerprint density at radius 3 is 2.46 bits per heavy atom. The van der Waals surface area contributed by atoms with Crippen LogP contribution in [0.4, 0.5) is 10.6 Å². The summed E-state index contributed by atoms with van der Waals surface area (Å²) in [6.45, 7) is 12.7. The molecule has 192 valence electrons. The Balaban J connectivity index is 1.17. The summed E-state index contributed by atoms with van der Waals surface area (Å²) >= 11 is 0. The number of likely N-dealkylation sites (tertiary alicyclic amines) is 1. The molecule has 0 unspecified atom stereocenters. The smallest absolute Gasteiger partial charge is 0.410 e. The fourth-order valence-electron chi connectivity index (χ4n) is 4.24. The molecule has 1 amide bonds. The minimum atomic E-state index is -3.32. The van der Waals surface area contributed by atoms with E-state index in [0.717, 1.165) is 25.7 Å². The van der Waals surface area contributed by atoms with Gasteiger partial charge < -0.3 is 24.1 Å². The summed E-state index contributed by atoms with van der Waals surface area (Å²) in [5.74, 6) is 1.52. The van der Waals surface area contributed by atoms with Gasteiger partial charge in [0.05, 0.1) is 24.8 Å². The van der Waals surface area contributed by atoms with Crippen LogP contribution < -0.4 is 9.64 Å². The predicted octanol–water partition coefficient (Wildman–Crippen LogP) is 2.02. The quantitative estimate of drug-likeness (QED) is 0.370. The normalized spacial score (nSPS) is 20.8. The number of sulfonamides is 1. The molecule has 0 N–H and O–H groups in total. The largest absolute Gasteiger partial charge is 0.476 e. The molecule has 4 rings (SSSR count). The monoisotopic (exact) mass is 506 g/mol. The molecule has 1 saturated carbocycles. The lowest BCUT2D eigenvalue weighted by Gasteiger charge is -2.34. The van der Waals surface area contributed by atoms with Gasteiger partial charge in [-0.1, -0.05) is 0 Å². The van der Waals surface area contributed by atoms with Crippen LogP contribution in [0.2, 0.25) is 0 Å². The zero-order valence-corrected chi connectivity index (χ0v) is 21.1. The van der Waals surface area contributed by atoms with Crippen LogP contribution in [0.25, 0.3) is 4.85 Å². The van der Waals surface area contributed by atoms with Gasteiger partial charge in [0.1, 0.15) is 11.4 Å². The highest BCUT2D eigenvalue weighted by atomic mass is 32.2. The Hall–Kier alpha value is -2.65. The molecule has 1 aromatic rings. The zero-order valence-electron chi connectivity index (χ0n) is 20.3. The predicted molar refractivity (Wildman–Crippen MR) is 130 cm³/mol. The summed E-state index contributed by atoms with van der Waals surface area (Å²) in [5.41, 5.74) is -0.243. The van der Waals surface area contributed by atoms with Gasteiger partial charge in [-0.2, -0.15) is 4.31 Å². The number of hydrogen-bond acceptors (Lipinski definition) is 8. The van der Waals surface area contributed by atoms with Gasteiger partial charge >= 0.3 is 6.09 Å². The molecule has 12 heteroatoms. The molecule has 0 spiro atoms. The van der Waals surface area contributed by atoms with Crippen LogP contribution in [0, 0.1) is 12.5 Å². The van der Waals surface area contributed by atoms with Crippen LogP contribution in [0.15, 0.2) is 12.4 Å². The summed E-state index contributed by atoms with van der Waals surface area (Å²) in [6.07, 6.45) is 7.05. The Bertz CT molecular complexity index is 1010. The van der Waals surface area contributed by atoms with Gasteiger partial charge in [-0.05, 0) is 38.5 Å². The molecule has 35 heavy (non-hydrogen) atoms. The van der Waals surface area contributed by atoms with Crippen LogP contribution in [0.3, 0.4) is 0 Å². The average Bonchev–Trinajstić information content (AvgIpc) is 3.60. The van der Waals surface area contributed by atoms with Crippen molar-refractivity contribution in [1.29, 1.82) is 0 Å². The van der Waals surface area contributed by atoms with E-state index in [1.807, 2.05) is 11.8 Å². The van der Waals surface area contributed by atoms with E-state index in [2.05, 4.69) is 14.8 Å². The third kappa shape index (κ3) is 6.95. The lowest BCUT2D eigenvalue weighted by Crippen LogP contribution is -2.49. The molecule has 0 aromatic carbocycles. The van der Waals surface area contributed by atoms with Gasteiger partial charge in [0.15, 0.2) is 0 Å². The molecule has 0 radical (unpaired) electrons. The first-order valence-electron chi connectivity index (χ1n) is 12.3. The van der Waals surface area contributed by atoms with E-state index >= 15 is 0 Å². The lowest BCUT2D eigenvalue weighted by molar-refractivity contribution is 0.0454. The van der Waals surface area contributed by atoms with Gasteiger partial charge in [-0.25, -0.2) is 29.8 Å². The number of piperidine rings is 1. The molecule has 11 nitrogen and oxygen atoms in total. The Morgan fingerprint density at radius 1 is 1.14 bits per heavy atom.